The normalized spacial score (nSPS) is 19.2. The molecule has 1 amide bonds. The van der Waals surface area contributed by atoms with Crippen LogP contribution < -0.4 is 15.8 Å². The molecule has 0 unspecified atom stereocenters. The van der Waals surface area contributed by atoms with E-state index in [0.29, 0.717) is 5.75 Å². The molecule has 2 rings (SSSR count). The highest BCUT2D eigenvalue weighted by Gasteiger charge is 2.20. The van der Waals surface area contributed by atoms with E-state index < -0.39 is 5.91 Å². The van der Waals surface area contributed by atoms with E-state index in [4.69, 9.17) is 15.5 Å². The number of benzene rings is 1. The number of ether oxygens (including phenoxy) is 1. The summed E-state index contributed by atoms with van der Waals surface area (Å²) >= 11 is 0. The van der Waals surface area contributed by atoms with E-state index in [1.54, 1.807) is 0 Å². The first-order valence-electron chi connectivity index (χ1n) is 10.5. The van der Waals surface area contributed by atoms with Gasteiger partial charge in [0.2, 0.25) is 0 Å². The zero-order chi connectivity index (χ0) is 20.4. The number of hydrogen-bond donors (Lipinski definition) is 2. The summed E-state index contributed by atoms with van der Waals surface area (Å²) in [6, 6.07) is 7.74. The van der Waals surface area contributed by atoms with Gasteiger partial charge in [-0.15, -0.1) is 24.0 Å². The number of nitrogens with two attached hydrogens (primary N) is 1. The quantitative estimate of drug-likeness (QED) is 0.300. The van der Waals surface area contributed by atoms with Gasteiger partial charge in [0, 0.05) is 26.7 Å². The van der Waals surface area contributed by atoms with Crippen molar-refractivity contribution >= 4 is 35.8 Å². The Hall–Kier alpha value is -1.51. The van der Waals surface area contributed by atoms with E-state index >= 15 is 0 Å². The number of hydrogen-bond acceptors (Lipinski definition) is 3. The number of carbonyl (C=O) groups is 1. The van der Waals surface area contributed by atoms with Gasteiger partial charge in [-0.25, -0.2) is 0 Å². The van der Waals surface area contributed by atoms with Crippen LogP contribution in [0.25, 0.3) is 0 Å². The third-order valence-electron chi connectivity index (χ3n) is 5.33. The first-order chi connectivity index (χ1) is 13.5. The molecule has 164 valence electrons. The van der Waals surface area contributed by atoms with Crippen LogP contribution in [0, 0.1) is 11.8 Å². The Bertz CT molecular complexity index is 628. The zero-order valence-corrected chi connectivity index (χ0v) is 20.4. The molecule has 0 atom stereocenters. The number of amides is 1. The molecule has 1 aromatic rings. The van der Waals surface area contributed by atoms with Gasteiger partial charge in [-0.05, 0) is 55.7 Å². The van der Waals surface area contributed by atoms with Gasteiger partial charge in [0.25, 0.3) is 5.91 Å². The summed E-state index contributed by atoms with van der Waals surface area (Å²) in [5, 5.41) is 3.42. The van der Waals surface area contributed by atoms with Crippen LogP contribution in [0.1, 0.15) is 45.1 Å². The fourth-order valence-corrected chi connectivity index (χ4v) is 3.65. The van der Waals surface area contributed by atoms with Crippen LogP contribution in [0.3, 0.4) is 0 Å². The van der Waals surface area contributed by atoms with Crippen LogP contribution in [0.2, 0.25) is 0 Å². The van der Waals surface area contributed by atoms with Crippen molar-refractivity contribution in [3.8, 4) is 5.75 Å². The van der Waals surface area contributed by atoms with E-state index in [1.165, 1.54) is 31.2 Å². The summed E-state index contributed by atoms with van der Waals surface area (Å²) in [5.74, 6) is 2.83. The van der Waals surface area contributed by atoms with E-state index in [2.05, 4.69) is 31.1 Å². The van der Waals surface area contributed by atoms with Gasteiger partial charge in [0.15, 0.2) is 12.6 Å². The molecule has 0 radical (unpaired) electrons. The van der Waals surface area contributed by atoms with Crippen molar-refractivity contribution < 1.29 is 9.53 Å². The van der Waals surface area contributed by atoms with Gasteiger partial charge in [-0.3, -0.25) is 9.79 Å². The van der Waals surface area contributed by atoms with E-state index in [9.17, 15) is 4.79 Å². The summed E-state index contributed by atoms with van der Waals surface area (Å²) in [6.07, 6.45) is 6.22. The second-order valence-electron chi connectivity index (χ2n) is 7.89. The number of primary amides is 1. The van der Waals surface area contributed by atoms with Gasteiger partial charge in [0.1, 0.15) is 5.75 Å². The molecule has 0 heterocycles. The molecule has 1 saturated carbocycles. The van der Waals surface area contributed by atoms with Crippen LogP contribution >= 0.6 is 24.0 Å². The minimum absolute atomic E-state index is 0. The monoisotopic (exact) mass is 516 g/mol. The molecular formula is C22H37IN4O2. The third-order valence-corrected chi connectivity index (χ3v) is 5.33. The minimum Gasteiger partial charge on any atom is -0.484 e. The highest BCUT2D eigenvalue weighted by Crippen LogP contribution is 2.28. The molecule has 0 spiro atoms. The van der Waals surface area contributed by atoms with Crippen molar-refractivity contribution in [2.75, 3.05) is 33.3 Å². The van der Waals surface area contributed by atoms with Crippen molar-refractivity contribution in [2.45, 2.75) is 46.0 Å². The lowest BCUT2D eigenvalue weighted by atomic mass is 9.83. The molecule has 1 aromatic carbocycles. The predicted octanol–water partition coefficient (Wildman–Crippen LogP) is 3.43. The smallest absolute Gasteiger partial charge is 0.255 e. The van der Waals surface area contributed by atoms with E-state index in [1.807, 2.05) is 24.3 Å². The van der Waals surface area contributed by atoms with Crippen LogP contribution in [-0.4, -0.2) is 50.1 Å². The van der Waals surface area contributed by atoms with Gasteiger partial charge in [-0.2, -0.15) is 0 Å². The summed E-state index contributed by atoms with van der Waals surface area (Å²) in [5.41, 5.74) is 6.28. The van der Waals surface area contributed by atoms with Crippen molar-refractivity contribution in [2.24, 2.45) is 22.6 Å². The van der Waals surface area contributed by atoms with E-state index in [0.717, 1.165) is 43.9 Å². The Kier molecular flexibility index (Phi) is 12.0. The molecule has 0 aliphatic heterocycles. The molecule has 1 aliphatic rings. The predicted molar refractivity (Wildman–Crippen MR) is 130 cm³/mol. The minimum atomic E-state index is -0.471. The molecule has 6 nitrogen and oxygen atoms in total. The Morgan fingerprint density at radius 2 is 1.90 bits per heavy atom. The maximum Gasteiger partial charge on any atom is 0.255 e. The molecular weight excluding hydrogens is 479 g/mol. The summed E-state index contributed by atoms with van der Waals surface area (Å²) in [7, 11) is 2.14. The first kappa shape index (κ1) is 25.5. The molecule has 1 aliphatic carbocycles. The Morgan fingerprint density at radius 3 is 2.48 bits per heavy atom. The second-order valence-corrected chi connectivity index (χ2v) is 7.89. The van der Waals surface area contributed by atoms with Gasteiger partial charge >= 0.3 is 0 Å². The van der Waals surface area contributed by atoms with Crippen molar-refractivity contribution in [1.29, 1.82) is 0 Å². The highest BCUT2D eigenvalue weighted by molar-refractivity contribution is 14.0. The van der Waals surface area contributed by atoms with Crippen LogP contribution in [-0.2, 0) is 11.2 Å². The fraction of sp³-hybridized carbons (Fsp3) is 0.636. The standard InChI is InChI=1S/C22H36N4O2.HI/c1-4-24-22(26(3)15-19-7-5-17(2)6-8-19)25-14-13-18-9-11-20(12-10-18)28-16-21(23)27;/h9-12,17,19H,4-8,13-16H2,1-3H3,(H2,23,27)(H,24,25);1H. The van der Waals surface area contributed by atoms with Crippen LogP contribution in [0.5, 0.6) is 5.75 Å². The van der Waals surface area contributed by atoms with Crippen molar-refractivity contribution in [3.05, 3.63) is 29.8 Å². The largest absolute Gasteiger partial charge is 0.484 e. The lowest BCUT2D eigenvalue weighted by Gasteiger charge is -2.31. The molecule has 0 saturated heterocycles. The van der Waals surface area contributed by atoms with Crippen molar-refractivity contribution in [1.82, 2.24) is 10.2 Å². The Labute approximate surface area is 192 Å². The van der Waals surface area contributed by atoms with Crippen molar-refractivity contribution in [3.63, 3.8) is 0 Å². The van der Waals surface area contributed by atoms with E-state index in [-0.39, 0.29) is 30.6 Å². The SMILES string of the molecule is CCNC(=NCCc1ccc(OCC(N)=O)cc1)N(C)CC1CCC(C)CC1.I. The number of guanidine groups is 1. The molecule has 1 fully saturated rings. The number of rotatable bonds is 9. The number of nitrogens with one attached hydrogen (secondary N) is 1. The fourth-order valence-electron chi connectivity index (χ4n) is 3.65. The number of nitrogens with zero attached hydrogens (tertiary/aromatic N) is 2. The second kappa shape index (κ2) is 13.7. The molecule has 0 aromatic heterocycles. The molecule has 0 bridgehead atoms. The lowest BCUT2D eigenvalue weighted by Crippen LogP contribution is -2.42. The maximum absolute atomic E-state index is 10.8. The summed E-state index contributed by atoms with van der Waals surface area (Å²) in [6.45, 7) is 7.05. The number of halogens is 1. The van der Waals surface area contributed by atoms with Gasteiger partial charge in [-0.1, -0.05) is 31.9 Å². The number of carbonyl (C=O) groups excluding carboxylic acids is 1. The summed E-state index contributed by atoms with van der Waals surface area (Å²) < 4.78 is 5.29. The lowest BCUT2D eigenvalue weighted by molar-refractivity contribution is -0.119. The molecule has 7 heteroatoms. The highest BCUT2D eigenvalue weighted by atomic mass is 127. The Balaban J connectivity index is 0.00000420. The average molecular weight is 516 g/mol. The van der Waals surface area contributed by atoms with Crippen LogP contribution in [0.15, 0.2) is 29.3 Å². The summed E-state index contributed by atoms with van der Waals surface area (Å²) in [4.78, 5) is 17.9. The average Bonchev–Trinajstić information content (AvgIpc) is 2.68. The van der Waals surface area contributed by atoms with Gasteiger partial charge in [0.05, 0.1) is 0 Å². The topological polar surface area (TPSA) is 80.0 Å². The first-order valence-corrected chi connectivity index (χ1v) is 10.5. The molecule has 29 heavy (non-hydrogen) atoms. The zero-order valence-electron chi connectivity index (χ0n) is 18.0. The van der Waals surface area contributed by atoms with Crippen LogP contribution in [0.4, 0.5) is 0 Å². The molecule has 3 N–H and O–H groups in total. The Morgan fingerprint density at radius 1 is 1.24 bits per heavy atom. The third kappa shape index (κ3) is 9.69. The number of aliphatic imine (C=N–C) groups is 1. The maximum atomic E-state index is 10.8. The van der Waals surface area contributed by atoms with Gasteiger partial charge < -0.3 is 20.7 Å².